The lowest BCUT2D eigenvalue weighted by Crippen LogP contribution is -2.76. The van der Waals surface area contributed by atoms with Crippen LogP contribution in [-0.4, -0.2) is 47.2 Å². The number of hydrogen-bond acceptors (Lipinski definition) is 10. The van der Waals surface area contributed by atoms with Crippen LogP contribution in [0.3, 0.4) is 0 Å². The molecule has 0 unspecified atom stereocenters. The number of carbonyl (C=O) groups excluding carboxylic acids is 2. The molecule has 0 radical (unpaired) electrons. The lowest BCUT2D eigenvalue weighted by atomic mass is 9.51. The lowest BCUT2D eigenvalue weighted by molar-refractivity contribution is -0.256. The number of fused-ring (bicyclic) bond motifs is 3. The maximum atomic E-state index is 12.7. The topological polar surface area (TPSA) is 138 Å². The van der Waals surface area contributed by atoms with E-state index in [0.29, 0.717) is 36.5 Å². The summed E-state index contributed by atoms with van der Waals surface area (Å²) in [4.78, 5) is 25.3. The quantitative estimate of drug-likeness (QED) is 0.284. The Hall–Kier alpha value is -4.34. The van der Waals surface area contributed by atoms with Gasteiger partial charge in [-0.1, -0.05) is 0 Å². The normalized spacial score (nSPS) is 21.9. The number of ether oxygens (including phenoxy) is 4. The van der Waals surface area contributed by atoms with Crippen LogP contribution in [-0.2, 0) is 0 Å². The fraction of sp³-hybridized carbons (Fsp3) is 0.357. The zero-order chi connectivity index (χ0) is 27.0. The standard InChI is InChI=1S/C28H26O10/c1-13(29)17-19(31)25(33-3)23-15(5-11-35-23)21(17)37-27-7-9-28(27,10-8-27)38-22-16-6-12-36-24(16)26(34-4)20(32)18(22)14(2)30/h5-6,11-12,31-32H,7-10H2,1-4H3. The first-order valence-electron chi connectivity index (χ1n) is 12.2. The van der Waals surface area contributed by atoms with E-state index in [1.807, 2.05) is 0 Å². The van der Waals surface area contributed by atoms with Gasteiger partial charge in [-0.2, -0.15) is 0 Å². The summed E-state index contributed by atoms with van der Waals surface area (Å²) in [6, 6.07) is 3.31. The SMILES string of the molecule is COc1c(O)c(C(C)=O)c(OC23CCC2(Oc2c(C(C)=O)c(O)c(OC)c4occc24)CC3)c2ccoc12. The van der Waals surface area contributed by atoms with Crippen molar-refractivity contribution in [2.24, 2.45) is 0 Å². The monoisotopic (exact) mass is 522 g/mol. The molecule has 0 saturated heterocycles. The van der Waals surface area contributed by atoms with Gasteiger partial charge in [-0.15, -0.1) is 0 Å². The second-order valence-electron chi connectivity index (χ2n) is 9.80. The lowest BCUT2D eigenvalue weighted by Gasteiger charge is -2.65. The average molecular weight is 523 g/mol. The van der Waals surface area contributed by atoms with E-state index < -0.39 is 22.8 Å². The van der Waals surface area contributed by atoms with Gasteiger partial charge >= 0.3 is 0 Å². The fourth-order valence-electron chi connectivity index (χ4n) is 5.89. The molecule has 0 aliphatic heterocycles. The van der Waals surface area contributed by atoms with Crippen molar-refractivity contribution in [3.8, 4) is 34.5 Å². The maximum Gasteiger partial charge on any atom is 0.205 e. The highest BCUT2D eigenvalue weighted by atomic mass is 16.6. The molecule has 0 bridgehead atoms. The Bertz CT molecular complexity index is 1510. The van der Waals surface area contributed by atoms with E-state index in [1.165, 1.54) is 40.6 Å². The zero-order valence-corrected chi connectivity index (χ0v) is 21.3. The van der Waals surface area contributed by atoms with Gasteiger partial charge < -0.3 is 38.0 Å². The Kier molecular flexibility index (Phi) is 5.11. The number of methoxy groups -OCH3 is 2. The molecule has 6 rings (SSSR count). The minimum atomic E-state index is -0.845. The number of phenolic OH excluding ortho intramolecular Hbond substituents is 2. The molecule has 2 fully saturated rings. The van der Waals surface area contributed by atoms with Crippen molar-refractivity contribution in [1.82, 2.24) is 0 Å². The van der Waals surface area contributed by atoms with Crippen LogP contribution in [0.4, 0.5) is 0 Å². The molecule has 4 aromatic rings. The molecule has 0 spiro atoms. The van der Waals surface area contributed by atoms with Gasteiger partial charge in [0, 0.05) is 0 Å². The average Bonchev–Trinajstić information content (AvgIpc) is 3.55. The van der Waals surface area contributed by atoms with Crippen LogP contribution in [0.5, 0.6) is 34.5 Å². The van der Waals surface area contributed by atoms with Gasteiger partial charge in [0.15, 0.2) is 34.2 Å². The van der Waals surface area contributed by atoms with Crippen LogP contribution >= 0.6 is 0 Å². The van der Waals surface area contributed by atoms with Gasteiger partial charge in [-0.25, -0.2) is 0 Å². The van der Waals surface area contributed by atoms with Crippen LogP contribution in [0.1, 0.15) is 60.2 Å². The molecule has 2 aliphatic rings. The van der Waals surface area contributed by atoms with E-state index in [1.54, 1.807) is 12.1 Å². The second kappa shape index (κ2) is 8.08. The molecule has 2 aliphatic carbocycles. The molecular weight excluding hydrogens is 496 g/mol. The largest absolute Gasteiger partial charge is 0.504 e. The molecule has 2 N–H and O–H groups in total. The Labute approximate surface area is 216 Å². The van der Waals surface area contributed by atoms with Gasteiger partial charge in [0.05, 0.1) is 37.5 Å². The predicted molar refractivity (Wildman–Crippen MR) is 134 cm³/mol. The number of carbonyl (C=O) groups is 2. The van der Waals surface area contributed by atoms with E-state index >= 15 is 0 Å². The maximum absolute atomic E-state index is 12.7. The summed E-state index contributed by atoms with van der Waals surface area (Å²) in [6.07, 6.45) is 5.32. The second-order valence-corrected chi connectivity index (χ2v) is 9.80. The van der Waals surface area contributed by atoms with Crippen molar-refractivity contribution in [3.05, 3.63) is 35.8 Å². The Morgan fingerprint density at radius 2 is 1.08 bits per heavy atom. The molecule has 198 valence electrons. The molecule has 0 atom stereocenters. The van der Waals surface area contributed by atoms with Gasteiger partial charge in [-0.3, -0.25) is 9.59 Å². The van der Waals surface area contributed by atoms with E-state index in [9.17, 15) is 19.8 Å². The van der Waals surface area contributed by atoms with Crippen molar-refractivity contribution in [2.75, 3.05) is 14.2 Å². The number of hydrogen-bond donors (Lipinski definition) is 2. The van der Waals surface area contributed by atoms with Crippen molar-refractivity contribution >= 4 is 33.5 Å². The van der Waals surface area contributed by atoms with E-state index in [4.69, 9.17) is 27.8 Å². The number of benzene rings is 2. The molecule has 2 heterocycles. The van der Waals surface area contributed by atoms with E-state index in [-0.39, 0.29) is 56.8 Å². The van der Waals surface area contributed by atoms with E-state index in [2.05, 4.69) is 0 Å². The molecular formula is C28H26O10. The van der Waals surface area contributed by atoms with Crippen molar-refractivity contribution in [2.45, 2.75) is 50.7 Å². The summed E-state index contributed by atoms with van der Waals surface area (Å²) in [5, 5.41) is 22.8. The molecule has 10 nitrogen and oxygen atoms in total. The van der Waals surface area contributed by atoms with Crippen molar-refractivity contribution < 1.29 is 47.6 Å². The molecule has 2 saturated carbocycles. The van der Waals surface area contributed by atoms with Crippen LogP contribution < -0.4 is 18.9 Å². The van der Waals surface area contributed by atoms with Crippen molar-refractivity contribution in [1.29, 1.82) is 0 Å². The minimum absolute atomic E-state index is 0.0124. The Balaban J connectivity index is 1.47. The fourth-order valence-corrected chi connectivity index (χ4v) is 5.89. The highest BCUT2D eigenvalue weighted by molar-refractivity contribution is 6.09. The summed E-state index contributed by atoms with van der Waals surface area (Å²) in [7, 11) is 2.76. The van der Waals surface area contributed by atoms with Crippen LogP contribution in [0.25, 0.3) is 21.9 Å². The summed E-state index contributed by atoms with van der Waals surface area (Å²) < 4.78 is 34.9. The third kappa shape index (κ3) is 2.94. The molecule has 0 amide bonds. The first kappa shape index (κ1) is 24.0. The summed E-state index contributed by atoms with van der Waals surface area (Å²) in [6.45, 7) is 2.68. The number of rotatable bonds is 8. The van der Waals surface area contributed by atoms with Gasteiger partial charge in [0.1, 0.15) is 33.8 Å². The number of phenols is 2. The first-order chi connectivity index (χ1) is 18.2. The summed E-state index contributed by atoms with van der Waals surface area (Å²) >= 11 is 0. The Morgan fingerprint density at radius 1 is 0.711 bits per heavy atom. The molecule has 2 aromatic heterocycles. The zero-order valence-electron chi connectivity index (χ0n) is 21.3. The Morgan fingerprint density at radius 3 is 1.37 bits per heavy atom. The third-order valence-electron chi connectivity index (χ3n) is 7.99. The number of Topliss-reactive ketones (excluding diaryl/α,β-unsaturated/α-hetero) is 2. The number of furan rings is 2. The molecule has 38 heavy (non-hydrogen) atoms. The minimum Gasteiger partial charge on any atom is -0.504 e. The van der Waals surface area contributed by atoms with Crippen LogP contribution in [0.2, 0.25) is 0 Å². The predicted octanol–water partition coefficient (Wildman–Crippen LogP) is 5.54. The third-order valence-corrected chi connectivity index (χ3v) is 7.99. The molecule has 10 heteroatoms. The van der Waals surface area contributed by atoms with Gasteiger partial charge in [0.2, 0.25) is 11.5 Å². The van der Waals surface area contributed by atoms with E-state index in [0.717, 1.165) is 0 Å². The first-order valence-corrected chi connectivity index (χ1v) is 12.2. The number of aromatic hydroxyl groups is 2. The van der Waals surface area contributed by atoms with Gasteiger partial charge in [-0.05, 0) is 51.7 Å². The van der Waals surface area contributed by atoms with Crippen LogP contribution in [0, 0.1) is 0 Å². The number of ketones is 2. The van der Waals surface area contributed by atoms with Crippen LogP contribution in [0.15, 0.2) is 33.5 Å². The summed E-state index contributed by atoms with van der Waals surface area (Å²) in [5.74, 6) is -1.07. The summed E-state index contributed by atoms with van der Waals surface area (Å²) in [5.41, 5.74) is -1.20. The highest BCUT2D eigenvalue weighted by Crippen LogP contribution is 2.63. The molecule has 2 aromatic carbocycles. The van der Waals surface area contributed by atoms with Crippen molar-refractivity contribution in [3.63, 3.8) is 0 Å². The smallest absolute Gasteiger partial charge is 0.205 e. The van der Waals surface area contributed by atoms with Gasteiger partial charge in [0.25, 0.3) is 0 Å². The highest BCUT2D eigenvalue weighted by Gasteiger charge is 2.71.